The molecule has 14 heavy (non-hydrogen) atoms. The summed E-state index contributed by atoms with van der Waals surface area (Å²) in [5.41, 5.74) is 2.56. The molecule has 0 bridgehead atoms. The van der Waals surface area contributed by atoms with Gasteiger partial charge in [0.1, 0.15) is 0 Å². The van der Waals surface area contributed by atoms with Crippen molar-refractivity contribution in [3.8, 4) is 0 Å². The summed E-state index contributed by atoms with van der Waals surface area (Å²) in [6.07, 6.45) is 1.57. The molecule has 0 saturated heterocycles. The van der Waals surface area contributed by atoms with E-state index in [4.69, 9.17) is 17.4 Å². The van der Waals surface area contributed by atoms with Crippen molar-refractivity contribution in [3.63, 3.8) is 0 Å². The zero-order valence-corrected chi connectivity index (χ0v) is 8.46. The minimum atomic E-state index is -0.801. The van der Waals surface area contributed by atoms with Gasteiger partial charge in [0, 0.05) is 5.02 Å². The summed E-state index contributed by atoms with van der Waals surface area (Å²) in [7, 11) is 0. The highest BCUT2D eigenvalue weighted by molar-refractivity contribution is 6.30. The molecule has 0 spiro atoms. The van der Waals surface area contributed by atoms with Gasteiger partial charge in [-0.2, -0.15) is 0 Å². The van der Waals surface area contributed by atoms with Gasteiger partial charge in [-0.1, -0.05) is 29.8 Å². The second-order valence-corrected chi connectivity index (χ2v) is 3.42. The number of halogens is 1. The van der Waals surface area contributed by atoms with Crippen molar-refractivity contribution >= 4 is 11.6 Å². The zero-order chi connectivity index (χ0) is 10.6. The molecular formula is C10H13ClN2O. The van der Waals surface area contributed by atoms with Crippen molar-refractivity contribution in [2.24, 2.45) is 5.84 Å². The minimum absolute atomic E-state index is 0.158. The van der Waals surface area contributed by atoms with Crippen LogP contribution in [0, 0.1) is 0 Å². The molecule has 0 fully saturated rings. The van der Waals surface area contributed by atoms with Gasteiger partial charge in [-0.15, -0.1) is 6.58 Å². The molecule has 3 nitrogen and oxygen atoms in total. The van der Waals surface area contributed by atoms with Crippen LogP contribution in [0.3, 0.4) is 0 Å². The van der Waals surface area contributed by atoms with Crippen LogP contribution in [0.15, 0.2) is 36.9 Å². The Bertz CT molecular complexity index is 306. The molecule has 1 rings (SSSR count). The highest BCUT2D eigenvalue weighted by atomic mass is 35.5. The number of aliphatic hydroxyl groups is 1. The number of hydrogen-bond acceptors (Lipinski definition) is 3. The van der Waals surface area contributed by atoms with Gasteiger partial charge in [-0.3, -0.25) is 5.84 Å². The fourth-order valence-corrected chi connectivity index (χ4v) is 1.33. The fraction of sp³-hybridized carbons (Fsp3) is 0.200. The smallest absolute Gasteiger partial charge is 0.0977 e. The minimum Gasteiger partial charge on any atom is -0.394 e. The molecule has 4 N–H and O–H groups in total. The average Bonchev–Trinajstić information content (AvgIpc) is 2.24. The van der Waals surface area contributed by atoms with Crippen LogP contribution >= 0.6 is 11.6 Å². The van der Waals surface area contributed by atoms with Gasteiger partial charge >= 0.3 is 0 Å². The van der Waals surface area contributed by atoms with Crippen LogP contribution in [0.25, 0.3) is 0 Å². The molecule has 76 valence electrons. The molecule has 1 aromatic carbocycles. The Hall–Kier alpha value is -0.870. The number of benzene rings is 1. The van der Waals surface area contributed by atoms with E-state index in [1.54, 1.807) is 30.3 Å². The van der Waals surface area contributed by atoms with Gasteiger partial charge in [0.15, 0.2) is 0 Å². The molecule has 0 aliphatic carbocycles. The first-order valence-electron chi connectivity index (χ1n) is 4.17. The van der Waals surface area contributed by atoms with E-state index in [-0.39, 0.29) is 6.61 Å². The fourth-order valence-electron chi connectivity index (χ4n) is 1.21. The largest absolute Gasteiger partial charge is 0.394 e. The predicted octanol–water partition coefficient (Wildman–Crippen LogP) is 1.18. The third-order valence-corrected chi connectivity index (χ3v) is 2.47. The standard InChI is InChI=1S/C10H13ClN2O/c1-2-10(7-14,13-12)8-3-5-9(11)6-4-8/h2-6,13-14H,1,7,12H2. The molecule has 0 amide bonds. The topological polar surface area (TPSA) is 58.3 Å². The van der Waals surface area contributed by atoms with Crippen LogP contribution in [0.2, 0.25) is 5.02 Å². The first kappa shape index (κ1) is 11.2. The Morgan fingerprint density at radius 2 is 2.07 bits per heavy atom. The van der Waals surface area contributed by atoms with Crippen molar-refractivity contribution in [1.29, 1.82) is 0 Å². The maximum atomic E-state index is 9.25. The lowest BCUT2D eigenvalue weighted by atomic mass is 9.92. The molecule has 0 saturated carbocycles. The summed E-state index contributed by atoms with van der Waals surface area (Å²) in [5, 5.41) is 9.89. The molecule has 0 aliphatic heterocycles. The first-order chi connectivity index (χ1) is 6.68. The molecule has 0 aromatic heterocycles. The van der Waals surface area contributed by atoms with Gasteiger partial charge in [0.25, 0.3) is 0 Å². The van der Waals surface area contributed by atoms with Crippen molar-refractivity contribution in [2.75, 3.05) is 6.61 Å². The second kappa shape index (κ2) is 4.57. The summed E-state index contributed by atoms with van der Waals surface area (Å²) in [5.74, 6) is 5.38. The van der Waals surface area contributed by atoms with E-state index in [1.165, 1.54) is 0 Å². The highest BCUT2D eigenvalue weighted by Crippen LogP contribution is 2.22. The monoisotopic (exact) mass is 212 g/mol. The summed E-state index contributed by atoms with van der Waals surface area (Å²) in [6.45, 7) is 3.48. The SMILES string of the molecule is C=CC(CO)(NN)c1ccc(Cl)cc1. The Labute approximate surface area is 88.2 Å². The highest BCUT2D eigenvalue weighted by Gasteiger charge is 2.25. The molecule has 0 heterocycles. The molecule has 4 heteroatoms. The number of aliphatic hydroxyl groups excluding tert-OH is 1. The van der Waals surface area contributed by atoms with Crippen molar-refractivity contribution < 1.29 is 5.11 Å². The zero-order valence-electron chi connectivity index (χ0n) is 7.70. The second-order valence-electron chi connectivity index (χ2n) is 2.98. The molecule has 1 atom stereocenters. The lowest BCUT2D eigenvalue weighted by Gasteiger charge is -2.27. The van der Waals surface area contributed by atoms with Crippen LogP contribution in [-0.2, 0) is 5.54 Å². The molecule has 1 aromatic rings. The number of rotatable bonds is 4. The Morgan fingerprint density at radius 3 is 2.43 bits per heavy atom. The van der Waals surface area contributed by atoms with Crippen LogP contribution in [0.4, 0.5) is 0 Å². The quantitative estimate of drug-likeness (QED) is 0.399. The normalized spacial score (nSPS) is 14.8. The van der Waals surface area contributed by atoms with Gasteiger partial charge in [-0.05, 0) is 17.7 Å². The molecule has 0 aliphatic rings. The summed E-state index contributed by atoms with van der Waals surface area (Å²) >= 11 is 5.75. The third kappa shape index (κ3) is 1.96. The van der Waals surface area contributed by atoms with Gasteiger partial charge in [0.2, 0.25) is 0 Å². The van der Waals surface area contributed by atoms with E-state index < -0.39 is 5.54 Å². The summed E-state index contributed by atoms with van der Waals surface area (Å²) < 4.78 is 0. The average molecular weight is 213 g/mol. The van der Waals surface area contributed by atoms with Crippen LogP contribution < -0.4 is 11.3 Å². The Morgan fingerprint density at radius 1 is 1.50 bits per heavy atom. The molecular weight excluding hydrogens is 200 g/mol. The van der Waals surface area contributed by atoms with E-state index in [0.29, 0.717) is 5.02 Å². The number of hydrogen-bond donors (Lipinski definition) is 3. The first-order valence-corrected chi connectivity index (χ1v) is 4.54. The van der Waals surface area contributed by atoms with Crippen LogP contribution in [-0.4, -0.2) is 11.7 Å². The number of nitrogens with one attached hydrogen (secondary N) is 1. The number of nitrogens with two attached hydrogens (primary N) is 1. The van der Waals surface area contributed by atoms with Gasteiger partial charge < -0.3 is 5.11 Å². The van der Waals surface area contributed by atoms with E-state index in [2.05, 4.69) is 12.0 Å². The predicted molar refractivity (Wildman–Crippen MR) is 57.7 cm³/mol. The number of hydrazine groups is 1. The molecule has 0 radical (unpaired) electrons. The maximum absolute atomic E-state index is 9.25. The van der Waals surface area contributed by atoms with Crippen molar-refractivity contribution in [1.82, 2.24) is 5.43 Å². The van der Waals surface area contributed by atoms with E-state index in [0.717, 1.165) is 5.56 Å². The lowest BCUT2D eigenvalue weighted by molar-refractivity contribution is 0.198. The Kier molecular flexibility index (Phi) is 3.66. The van der Waals surface area contributed by atoms with Crippen molar-refractivity contribution in [2.45, 2.75) is 5.54 Å². The van der Waals surface area contributed by atoms with Crippen LogP contribution in [0.1, 0.15) is 5.56 Å². The summed E-state index contributed by atoms with van der Waals surface area (Å²) in [4.78, 5) is 0. The lowest BCUT2D eigenvalue weighted by Crippen LogP contribution is -2.47. The summed E-state index contributed by atoms with van der Waals surface area (Å²) in [6, 6.07) is 7.06. The molecule has 1 unspecified atom stereocenters. The van der Waals surface area contributed by atoms with E-state index >= 15 is 0 Å². The van der Waals surface area contributed by atoms with Crippen molar-refractivity contribution in [3.05, 3.63) is 47.5 Å². The van der Waals surface area contributed by atoms with E-state index in [1.807, 2.05) is 0 Å². The van der Waals surface area contributed by atoms with E-state index in [9.17, 15) is 5.11 Å². The van der Waals surface area contributed by atoms with Gasteiger partial charge in [-0.25, -0.2) is 5.43 Å². The maximum Gasteiger partial charge on any atom is 0.0977 e. The van der Waals surface area contributed by atoms with Crippen LogP contribution in [0.5, 0.6) is 0 Å². The Balaban J connectivity index is 3.11. The third-order valence-electron chi connectivity index (χ3n) is 2.21. The van der Waals surface area contributed by atoms with Gasteiger partial charge in [0.05, 0.1) is 12.1 Å².